The predicted molar refractivity (Wildman–Crippen MR) is 97.4 cm³/mol. The van der Waals surface area contributed by atoms with Crippen molar-refractivity contribution >= 4 is 11.6 Å². The van der Waals surface area contributed by atoms with Gasteiger partial charge in [-0.15, -0.1) is 0 Å². The van der Waals surface area contributed by atoms with Gasteiger partial charge in [-0.3, -0.25) is 0 Å². The van der Waals surface area contributed by atoms with Crippen molar-refractivity contribution in [1.29, 1.82) is 0 Å². The number of rotatable bonds is 6. The summed E-state index contributed by atoms with van der Waals surface area (Å²) in [7, 11) is 0. The number of quaternary nitrogens is 1. The second kappa shape index (κ2) is 7.56. The minimum absolute atomic E-state index is 0.0251. The average Bonchev–Trinajstić information content (AvgIpc) is 3.36. The summed E-state index contributed by atoms with van der Waals surface area (Å²) in [5.74, 6) is 2.00. The van der Waals surface area contributed by atoms with Crippen molar-refractivity contribution in [2.45, 2.75) is 12.6 Å². The van der Waals surface area contributed by atoms with Gasteiger partial charge in [0.2, 0.25) is 5.82 Å². The van der Waals surface area contributed by atoms with Gasteiger partial charge in [0.05, 0.1) is 6.26 Å². The van der Waals surface area contributed by atoms with Crippen LogP contribution >= 0.6 is 11.6 Å². The lowest BCUT2D eigenvalue weighted by molar-refractivity contribution is -0.706. The smallest absolute Gasteiger partial charge is 0.282 e. The first kappa shape index (κ1) is 16.6. The van der Waals surface area contributed by atoms with E-state index in [9.17, 15) is 0 Å². The zero-order valence-corrected chi connectivity index (χ0v) is 14.6. The molecule has 4 aromatic rings. The molecule has 4 rings (SSSR count). The molecule has 2 aromatic carbocycles. The van der Waals surface area contributed by atoms with E-state index >= 15 is 0 Å². The van der Waals surface area contributed by atoms with Crippen LogP contribution < -0.4 is 5.32 Å². The summed E-state index contributed by atoms with van der Waals surface area (Å²) in [4.78, 5) is 4.47. The van der Waals surface area contributed by atoms with E-state index in [1.54, 1.807) is 18.4 Å². The SMILES string of the molecule is Clc1ccc(-c2noc(C[NH2+][C@@H](c3ccccc3)c3ccco3)n2)cc1. The summed E-state index contributed by atoms with van der Waals surface area (Å²) < 4.78 is 11.0. The second-order valence-corrected chi connectivity index (χ2v) is 6.30. The number of halogens is 1. The van der Waals surface area contributed by atoms with E-state index in [1.165, 1.54) is 0 Å². The number of nitrogens with two attached hydrogens (primary N) is 1. The molecule has 0 spiro atoms. The first-order valence-electron chi connectivity index (χ1n) is 8.30. The van der Waals surface area contributed by atoms with Crippen molar-refractivity contribution in [3.8, 4) is 11.4 Å². The molecular formula is C20H17ClN3O2+. The van der Waals surface area contributed by atoms with Crippen molar-refractivity contribution in [3.05, 3.63) is 95.2 Å². The fourth-order valence-corrected chi connectivity index (χ4v) is 2.94. The second-order valence-electron chi connectivity index (χ2n) is 5.86. The van der Waals surface area contributed by atoms with Gasteiger partial charge in [-0.1, -0.05) is 47.1 Å². The van der Waals surface area contributed by atoms with Crippen molar-refractivity contribution in [3.63, 3.8) is 0 Å². The third-order valence-electron chi connectivity index (χ3n) is 4.11. The fourth-order valence-electron chi connectivity index (χ4n) is 2.82. The Balaban J connectivity index is 1.51. The first-order chi connectivity index (χ1) is 12.8. The molecule has 0 amide bonds. The van der Waals surface area contributed by atoms with Crippen molar-refractivity contribution < 1.29 is 14.3 Å². The molecule has 2 aromatic heterocycles. The van der Waals surface area contributed by atoms with Crippen molar-refractivity contribution in [1.82, 2.24) is 10.1 Å². The van der Waals surface area contributed by atoms with E-state index < -0.39 is 0 Å². The number of aromatic nitrogens is 2. The number of furan rings is 1. The molecule has 0 fully saturated rings. The van der Waals surface area contributed by atoms with Crippen LogP contribution in [0.3, 0.4) is 0 Å². The van der Waals surface area contributed by atoms with Crippen molar-refractivity contribution in [2.75, 3.05) is 0 Å². The van der Waals surface area contributed by atoms with Gasteiger partial charge in [0.15, 0.2) is 18.3 Å². The van der Waals surface area contributed by atoms with Crippen LogP contribution in [0.2, 0.25) is 5.02 Å². The number of hydrogen-bond donors (Lipinski definition) is 1. The molecule has 0 bridgehead atoms. The maximum absolute atomic E-state index is 5.92. The van der Waals surface area contributed by atoms with Gasteiger partial charge in [-0.05, 0) is 36.4 Å². The highest BCUT2D eigenvalue weighted by Gasteiger charge is 2.21. The van der Waals surface area contributed by atoms with Gasteiger partial charge in [0.25, 0.3) is 5.89 Å². The standard InChI is InChI=1S/C20H16ClN3O2/c21-16-10-8-15(9-11-16)20-23-18(26-24-20)13-22-19(17-7-4-12-25-17)14-5-2-1-3-6-14/h1-12,19,22H,13H2/p+1/t19-/m0/s1. The summed E-state index contributed by atoms with van der Waals surface area (Å²) in [6.45, 7) is 0.543. The van der Waals surface area contributed by atoms with Crippen LogP contribution in [-0.2, 0) is 6.54 Å². The minimum atomic E-state index is 0.0251. The Labute approximate surface area is 155 Å². The van der Waals surface area contributed by atoms with Gasteiger partial charge >= 0.3 is 0 Å². The molecule has 0 aliphatic heterocycles. The Morgan fingerprint density at radius 1 is 0.962 bits per heavy atom. The van der Waals surface area contributed by atoms with Crippen LogP contribution in [0.25, 0.3) is 11.4 Å². The molecule has 2 N–H and O–H groups in total. The van der Waals surface area contributed by atoms with E-state index in [4.69, 9.17) is 20.5 Å². The zero-order valence-electron chi connectivity index (χ0n) is 13.9. The van der Waals surface area contributed by atoms with Crippen LogP contribution in [-0.4, -0.2) is 10.1 Å². The maximum atomic E-state index is 5.92. The molecule has 6 heteroatoms. The van der Waals surface area contributed by atoms with Crippen molar-refractivity contribution in [2.24, 2.45) is 0 Å². The van der Waals surface area contributed by atoms with Crippen LogP contribution in [0.1, 0.15) is 23.3 Å². The monoisotopic (exact) mass is 366 g/mol. The molecule has 5 nitrogen and oxygen atoms in total. The number of benzene rings is 2. The van der Waals surface area contributed by atoms with E-state index in [0.717, 1.165) is 16.9 Å². The highest BCUT2D eigenvalue weighted by molar-refractivity contribution is 6.30. The third kappa shape index (κ3) is 3.69. The summed E-state index contributed by atoms with van der Waals surface area (Å²) in [6, 6.07) is 21.4. The molecule has 26 heavy (non-hydrogen) atoms. The van der Waals surface area contributed by atoms with Gasteiger partial charge in [0, 0.05) is 16.1 Å². The fraction of sp³-hybridized carbons (Fsp3) is 0.100. The third-order valence-corrected chi connectivity index (χ3v) is 4.36. The van der Waals surface area contributed by atoms with Crippen LogP contribution in [0.15, 0.2) is 81.9 Å². The topological polar surface area (TPSA) is 68.7 Å². The van der Waals surface area contributed by atoms with Gasteiger partial charge < -0.3 is 14.3 Å². The number of nitrogens with zero attached hydrogens (tertiary/aromatic N) is 2. The molecule has 0 saturated heterocycles. The first-order valence-corrected chi connectivity index (χ1v) is 8.67. The van der Waals surface area contributed by atoms with E-state index in [-0.39, 0.29) is 6.04 Å². The lowest BCUT2D eigenvalue weighted by Gasteiger charge is -2.12. The lowest BCUT2D eigenvalue weighted by atomic mass is 10.0. The molecular weight excluding hydrogens is 350 g/mol. The largest absolute Gasteiger partial charge is 0.463 e. The average molecular weight is 367 g/mol. The van der Waals surface area contributed by atoms with Crippen LogP contribution in [0, 0.1) is 0 Å². The highest BCUT2D eigenvalue weighted by atomic mass is 35.5. The van der Waals surface area contributed by atoms with Crippen LogP contribution in [0.5, 0.6) is 0 Å². The number of hydrogen-bond acceptors (Lipinski definition) is 4. The predicted octanol–water partition coefficient (Wildman–Crippen LogP) is 3.84. The molecule has 0 radical (unpaired) electrons. The summed E-state index contributed by atoms with van der Waals surface area (Å²) >= 11 is 5.92. The Morgan fingerprint density at radius 2 is 1.77 bits per heavy atom. The zero-order chi connectivity index (χ0) is 17.8. The van der Waals surface area contributed by atoms with Crippen LogP contribution in [0.4, 0.5) is 0 Å². The molecule has 1 atom stereocenters. The molecule has 0 aliphatic carbocycles. The molecule has 130 valence electrons. The maximum Gasteiger partial charge on any atom is 0.282 e. The summed E-state index contributed by atoms with van der Waals surface area (Å²) in [6.07, 6.45) is 1.68. The summed E-state index contributed by atoms with van der Waals surface area (Å²) in [5, 5.41) is 6.85. The lowest BCUT2D eigenvalue weighted by Crippen LogP contribution is -2.83. The molecule has 2 heterocycles. The van der Waals surface area contributed by atoms with Gasteiger partial charge in [-0.25, -0.2) is 0 Å². The molecule has 0 aliphatic rings. The Bertz CT molecular complexity index is 950. The Morgan fingerprint density at radius 3 is 2.50 bits per heavy atom. The molecule has 0 unspecified atom stereocenters. The molecule has 0 saturated carbocycles. The van der Waals surface area contributed by atoms with Gasteiger partial charge in [0.1, 0.15) is 0 Å². The van der Waals surface area contributed by atoms with E-state index in [0.29, 0.717) is 23.3 Å². The Kier molecular flexibility index (Phi) is 4.82. The minimum Gasteiger partial charge on any atom is -0.463 e. The highest BCUT2D eigenvalue weighted by Crippen LogP contribution is 2.20. The quantitative estimate of drug-likeness (QED) is 0.563. The van der Waals surface area contributed by atoms with Gasteiger partial charge in [-0.2, -0.15) is 4.98 Å². The normalized spacial score (nSPS) is 12.2. The summed E-state index contributed by atoms with van der Waals surface area (Å²) in [5.41, 5.74) is 2.02. The van der Waals surface area contributed by atoms with E-state index in [1.807, 2.05) is 42.5 Å². The van der Waals surface area contributed by atoms with E-state index in [2.05, 4.69) is 27.6 Å². The Hall–Kier alpha value is -2.89.